The summed E-state index contributed by atoms with van der Waals surface area (Å²) in [6.07, 6.45) is 0.264. The Kier molecular flexibility index (Phi) is 5.53. The van der Waals surface area contributed by atoms with Crippen LogP contribution in [0.4, 0.5) is 11.4 Å². The Balaban J connectivity index is 1.74. The number of nitrogens with one attached hydrogen (secondary N) is 1. The largest absolute Gasteiger partial charge is 0.324 e. The number of carbonyl (C=O) groups is 2. The van der Waals surface area contributed by atoms with Crippen molar-refractivity contribution in [2.75, 3.05) is 23.8 Å². The summed E-state index contributed by atoms with van der Waals surface area (Å²) in [5.74, 6) is -0.140. The second kappa shape index (κ2) is 8.02. The first kappa shape index (κ1) is 18.6. The molecule has 0 bridgehead atoms. The minimum Gasteiger partial charge on any atom is -0.324 e. The molecule has 2 aromatic carbocycles. The van der Waals surface area contributed by atoms with Crippen LogP contribution in [-0.2, 0) is 16.1 Å². The molecule has 6 heteroatoms. The van der Waals surface area contributed by atoms with Gasteiger partial charge in [-0.2, -0.15) is 5.26 Å². The smallest absolute Gasteiger partial charge is 0.241 e. The molecule has 0 saturated heterocycles. The normalized spacial score (nSPS) is 16.3. The van der Waals surface area contributed by atoms with Crippen molar-refractivity contribution in [3.05, 3.63) is 59.7 Å². The van der Waals surface area contributed by atoms with E-state index < -0.39 is 0 Å². The van der Waals surface area contributed by atoms with E-state index in [-0.39, 0.29) is 30.8 Å². The zero-order chi connectivity index (χ0) is 19.4. The summed E-state index contributed by atoms with van der Waals surface area (Å²) in [6, 6.07) is 16.6. The summed E-state index contributed by atoms with van der Waals surface area (Å²) < 4.78 is 0. The molecule has 6 nitrogen and oxygen atoms in total. The molecule has 2 aromatic rings. The maximum atomic E-state index is 13.0. The lowest BCUT2D eigenvalue weighted by molar-refractivity contribution is -0.120. The summed E-state index contributed by atoms with van der Waals surface area (Å²) in [7, 11) is 1.88. The fourth-order valence-corrected chi connectivity index (χ4v) is 3.33. The molecule has 0 aliphatic carbocycles. The predicted molar refractivity (Wildman–Crippen MR) is 104 cm³/mol. The van der Waals surface area contributed by atoms with Gasteiger partial charge in [-0.3, -0.25) is 14.5 Å². The van der Waals surface area contributed by atoms with Crippen molar-refractivity contribution < 1.29 is 9.59 Å². The highest BCUT2D eigenvalue weighted by molar-refractivity contribution is 6.04. The van der Waals surface area contributed by atoms with Crippen molar-refractivity contribution >= 4 is 23.2 Å². The number of fused-ring (bicyclic) bond motifs is 1. The van der Waals surface area contributed by atoms with Gasteiger partial charge in [0, 0.05) is 19.0 Å². The lowest BCUT2D eigenvalue weighted by Crippen LogP contribution is -2.44. The lowest BCUT2D eigenvalue weighted by Gasteiger charge is -2.29. The van der Waals surface area contributed by atoms with Gasteiger partial charge in [-0.25, -0.2) is 0 Å². The molecule has 0 fully saturated rings. The number of para-hydroxylation sites is 2. The molecule has 1 aliphatic rings. The van der Waals surface area contributed by atoms with Crippen LogP contribution in [0.25, 0.3) is 0 Å². The molecule has 1 unspecified atom stereocenters. The van der Waals surface area contributed by atoms with Gasteiger partial charge in [0.05, 0.1) is 29.6 Å². The van der Waals surface area contributed by atoms with Gasteiger partial charge in [0.1, 0.15) is 0 Å². The van der Waals surface area contributed by atoms with Gasteiger partial charge in [0.25, 0.3) is 0 Å². The van der Waals surface area contributed by atoms with Crippen LogP contribution in [0.3, 0.4) is 0 Å². The number of hydrogen-bond acceptors (Lipinski definition) is 4. The van der Waals surface area contributed by atoms with Crippen molar-refractivity contribution in [2.24, 2.45) is 0 Å². The van der Waals surface area contributed by atoms with E-state index in [4.69, 9.17) is 5.26 Å². The van der Waals surface area contributed by atoms with E-state index in [0.717, 1.165) is 11.3 Å². The van der Waals surface area contributed by atoms with Gasteiger partial charge in [-0.05, 0) is 43.8 Å². The van der Waals surface area contributed by atoms with Crippen LogP contribution in [0.15, 0.2) is 48.5 Å². The van der Waals surface area contributed by atoms with Crippen molar-refractivity contribution in [1.29, 1.82) is 5.26 Å². The Labute approximate surface area is 159 Å². The van der Waals surface area contributed by atoms with E-state index in [1.54, 1.807) is 17.0 Å². The molecule has 0 spiro atoms. The van der Waals surface area contributed by atoms with Gasteiger partial charge < -0.3 is 10.2 Å². The monoisotopic (exact) mass is 362 g/mol. The number of likely N-dealkylation sites (N-methyl/N-ethyl adjacent to an activating group) is 1. The highest BCUT2D eigenvalue weighted by Gasteiger charge is 2.29. The van der Waals surface area contributed by atoms with E-state index in [9.17, 15) is 9.59 Å². The van der Waals surface area contributed by atoms with Crippen molar-refractivity contribution in [1.82, 2.24) is 4.90 Å². The highest BCUT2D eigenvalue weighted by atomic mass is 16.2. The number of benzene rings is 2. The van der Waals surface area contributed by atoms with Crippen LogP contribution >= 0.6 is 0 Å². The van der Waals surface area contributed by atoms with E-state index in [1.165, 1.54) is 0 Å². The third-order valence-corrected chi connectivity index (χ3v) is 4.57. The molecular weight excluding hydrogens is 340 g/mol. The third kappa shape index (κ3) is 4.33. The van der Waals surface area contributed by atoms with E-state index in [1.807, 2.05) is 55.3 Å². The lowest BCUT2D eigenvalue weighted by atomic mass is 10.1. The number of hydrogen-bond donors (Lipinski definition) is 1. The summed E-state index contributed by atoms with van der Waals surface area (Å²) in [5.41, 5.74) is 3.04. The molecule has 1 N–H and O–H groups in total. The molecule has 3 rings (SSSR count). The number of carbonyl (C=O) groups excluding carboxylic acids is 2. The molecule has 1 heterocycles. The molecule has 1 aliphatic heterocycles. The molecule has 1 atom stereocenters. The standard InChI is InChI=1S/C21H22N4O2/c1-15-11-20(26)23-18-5-3-4-6-19(18)25(15)21(27)14-24(2)13-17-9-7-16(12-22)8-10-17/h3-10,15H,11,13-14H2,1-2H3,(H,23,26). The fourth-order valence-electron chi connectivity index (χ4n) is 3.33. The highest BCUT2D eigenvalue weighted by Crippen LogP contribution is 2.31. The Morgan fingerprint density at radius 1 is 1.26 bits per heavy atom. The number of anilines is 2. The first-order valence-corrected chi connectivity index (χ1v) is 8.86. The zero-order valence-corrected chi connectivity index (χ0v) is 15.5. The SMILES string of the molecule is CC1CC(=O)Nc2ccccc2N1C(=O)CN(C)Cc1ccc(C#N)cc1. The van der Waals surface area contributed by atoms with Crippen molar-refractivity contribution in [3.8, 4) is 6.07 Å². The molecule has 0 radical (unpaired) electrons. The van der Waals surface area contributed by atoms with Crippen LogP contribution in [0.2, 0.25) is 0 Å². The van der Waals surface area contributed by atoms with E-state index in [0.29, 0.717) is 17.8 Å². The topological polar surface area (TPSA) is 76.4 Å². The maximum absolute atomic E-state index is 13.0. The Hall–Kier alpha value is -3.17. The number of amides is 2. The Bertz CT molecular complexity index is 886. The number of nitrogens with zero attached hydrogens (tertiary/aromatic N) is 3. The molecule has 0 aromatic heterocycles. The van der Waals surface area contributed by atoms with Gasteiger partial charge in [-0.15, -0.1) is 0 Å². The van der Waals surface area contributed by atoms with Gasteiger partial charge in [0.2, 0.25) is 11.8 Å². The minimum absolute atomic E-state index is 0.0532. The van der Waals surface area contributed by atoms with Gasteiger partial charge in [-0.1, -0.05) is 24.3 Å². The van der Waals surface area contributed by atoms with Crippen molar-refractivity contribution in [3.63, 3.8) is 0 Å². The summed E-state index contributed by atoms with van der Waals surface area (Å²) in [5, 5.41) is 11.7. The molecule has 138 valence electrons. The maximum Gasteiger partial charge on any atom is 0.241 e. The molecule has 27 heavy (non-hydrogen) atoms. The average molecular weight is 362 g/mol. The molecular formula is C21H22N4O2. The fraction of sp³-hybridized carbons (Fsp3) is 0.286. The number of nitriles is 1. The minimum atomic E-state index is -0.218. The van der Waals surface area contributed by atoms with Crippen molar-refractivity contribution in [2.45, 2.75) is 25.9 Å². The summed E-state index contributed by atoms with van der Waals surface area (Å²) >= 11 is 0. The van der Waals surface area contributed by atoms with E-state index in [2.05, 4.69) is 11.4 Å². The second-order valence-corrected chi connectivity index (χ2v) is 6.86. The van der Waals surface area contributed by atoms with Gasteiger partial charge in [0.15, 0.2) is 0 Å². The average Bonchev–Trinajstić information content (AvgIpc) is 2.76. The van der Waals surface area contributed by atoms with Crippen LogP contribution in [0.1, 0.15) is 24.5 Å². The van der Waals surface area contributed by atoms with Crippen LogP contribution in [0, 0.1) is 11.3 Å². The molecule has 2 amide bonds. The van der Waals surface area contributed by atoms with Crippen LogP contribution in [0.5, 0.6) is 0 Å². The summed E-state index contributed by atoms with van der Waals surface area (Å²) in [4.78, 5) is 28.7. The first-order valence-electron chi connectivity index (χ1n) is 8.86. The Morgan fingerprint density at radius 3 is 2.67 bits per heavy atom. The summed E-state index contributed by atoms with van der Waals surface area (Å²) in [6.45, 7) is 2.71. The second-order valence-electron chi connectivity index (χ2n) is 6.86. The van der Waals surface area contributed by atoms with Crippen LogP contribution < -0.4 is 10.2 Å². The molecule has 0 saturated carbocycles. The Morgan fingerprint density at radius 2 is 1.96 bits per heavy atom. The first-order chi connectivity index (χ1) is 13.0. The predicted octanol–water partition coefficient (Wildman–Crippen LogP) is 2.75. The third-order valence-electron chi connectivity index (χ3n) is 4.57. The van der Waals surface area contributed by atoms with Gasteiger partial charge >= 0.3 is 0 Å². The quantitative estimate of drug-likeness (QED) is 0.907. The zero-order valence-electron chi connectivity index (χ0n) is 15.5. The number of rotatable bonds is 4. The van der Waals surface area contributed by atoms with Crippen LogP contribution in [-0.4, -0.2) is 36.3 Å². The van der Waals surface area contributed by atoms with E-state index >= 15 is 0 Å².